The van der Waals surface area contributed by atoms with E-state index >= 15 is 0 Å². The Morgan fingerprint density at radius 3 is 1.60 bits per heavy atom. The summed E-state index contributed by atoms with van der Waals surface area (Å²) in [5, 5.41) is 3.23. The number of hydrogen-bond acceptors (Lipinski definition) is 3. The SMILES string of the molecule is c1ccc(-c2ccc(-c3cccc(N(c4cccc(-c5ccccc5)c4)c4ccnc5c4oc4c6ccccc6ccc54)c3)cc2)cc1. The van der Waals surface area contributed by atoms with Gasteiger partial charge in [0.2, 0.25) is 0 Å². The second-order valence-corrected chi connectivity index (χ2v) is 12.0. The molecule has 0 atom stereocenters. The summed E-state index contributed by atoms with van der Waals surface area (Å²) in [6, 6.07) is 62.0. The van der Waals surface area contributed by atoms with Crippen LogP contribution in [-0.4, -0.2) is 4.98 Å². The fourth-order valence-electron chi connectivity index (χ4n) is 6.74. The van der Waals surface area contributed by atoms with Crippen LogP contribution >= 0.6 is 0 Å². The van der Waals surface area contributed by atoms with Crippen LogP contribution in [0.15, 0.2) is 187 Å². The third kappa shape index (κ3) is 4.90. The monoisotopic (exact) mass is 614 g/mol. The first-order valence-electron chi connectivity index (χ1n) is 16.2. The summed E-state index contributed by atoms with van der Waals surface area (Å²) in [5.74, 6) is 0. The van der Waals surface area contributed by atoms with Crippen molar-refractivity contribution in [3.63, 3.8) is 0 Å². The predicted octanol–water partition coefficient (Wildman–Crippen LogP) is 12.6. The summed E-state index contributed by atoms with van der Waals surface area (Å²) < 4.78 is 6.80. The molecule has 2 aromatic heterocycles. The highest BCUT2D eigenvalue weighted by Gasteiger charge is 2.21. The summed E-state index contributed by atoms with van der Waals surface area (Å²) in [6.45, 7) is 0. The van der Waals surface area contributed by atoms with Crippen LogP contribution in [0, 0.1) is 0 Å². The molecule has 0 spiro atoms. The zero-order chi connectivity index (χ0) is 31.9. The third-order valence-corrected chi connectivity index (χ3v) is 9.10. The average molecular weight is 615 g/mol. The van der Waals surface area contributed by atoms with E-state index in [2.05, 4.69) is 181 Å². The van der Waals surface area contributed by atoms with Gasteiger partial charge in [0.1, 0.15) is 11.1 Å². The van der Waals surface area contributed by atoms with Gasteiger partial charge in [-0.2, -0.15) is 0 Å². The normalized spacial score (nSPS) is 11.3. The van der Waals surface area contributed by atoms with E-state index < -0.39 is 0 Å². The lowest BCUT2D eigenvalue weighted by Gasteiger charge is -2.26. The Hall–Kier alpha value is -6.45. The van der Waals surface area contributed by atoms with Gasteiger partial charge in [-0.25, -0.2) is 0 Å². The number of hydrogen-bond donors (Lipinski definition) is 0. The number of anilines is 3. The number of fused-ring (bicyclic) bond motifs is 5. The zero-order valence-electron chi connectivity index (χ0n) is 26.1. The Bertz CT molecular complexity index is 2550. The van der Waals surface area contributed by atoms with E-state index in [9.17, 15) is 0 Å². The molecule has 0 bridgehead atoms. The number of pyridine rings is 1. The number of nitrogens with zero attached hydrogens (tertiary/aromatic N) is 2. The second-order valence-electron chi connectivity index (χ2n) is 12.0. The average Bonchev–Trinajstić information content (AvgIpc) is 3.56. The summed E-state index contributed by atoms with van der Waals surface area (Å²) >= 11 is 0. The van der Waals surface area contributed by atoms with Crippen LogP contribution in [0.5, 0.6) is 0 Å². The molecule has 0 saturated heterocycles. The van der Waals surface area contributed by atoms with Crippen LogP contribution in [0.4, 0.5) is 17.1 Å². The number of rotatable bonds is 6. The van der Waals surface area contributed by atoms with Crippen molar-refractivity contribution in [2.45, 2.75) is 0 Å². The van der Waals surface area contributed by atoms with E-state index in [1.807, 2.05) is 6.20 Å². The maximum Gasteiger partial charge on any atom is 0.177 e. The topological polar surface area (TPSA) is 29.3 Å². The zero-order valence-corrected chi connectivity index (χ0v) is 26.1. The van der Waals surface area contributed by atoms with Crippen molar-refractivity contribution >= 4 is 49.9 Å². The van der Waals surface area contributed by atoms with Crippen molar-refractivity contribution in [2.75, 3.05) is 4.90 Å². The summed E-state index contributed by atoms with van der Waals surface area (Å²) in [5.41, 5.74) is 12.5. The van der Waals surface area contributed by atoms with Crippen molar-refractivity contribution in [3.05, 3.63) is 182 Å². The van der Waals surface area contributed by atoms with Gasteiger partial charge in [-0.05, 0) is 75.2 Å². The van der Waals surface area contributed by atoms with Crippen LogP contribution in [0.3, 0.4) is 0 Å². The Labute approximate surface area is 279 Å². The molecule has 0 aliphatic rings. The minimum Gasteiger partial charge on any atom is -0.451 e. The Kier molecular flexibility index (Phi) is 6.80. The molecule has 2 heterocycles. The van der Waals surface area contributed by atoms with Crippen LogP contribution in [0.2, 0.25) is 0 Å². The molecule has 7 aromatic carbocycles. The smallest absolute Gasteiger partial charge is 0.177 e. The Balaban J connectivity index is 1.23. The molecule has 226 valence electrons. The lowest BCUT2D eigenvalue weighted by molar-refractivity contribution is 0.672. The van der Waals surface area contributed by atoms with E-state index in [0.29, 0.717) is 0 Å². The molecule has 3 nitrogen and oxygen atoms in total. The molecule has 0 amide bonds. The van der Waals surface area contributed by atoms with Gasteiger partial charge in [-0.15, -0.1) is 0 Å². The molecule has 9 rings (SSSR count). The van der Waals surface area contributed by atoms with Crippen LogP contribution in [-0.2, 0) is 0 Å². The molecular formula is C45H30N2O. The van der Waals surface area contributed by atoms with E-state index in [0.717, 1.165) is 66.6 Å². The lowest BCUT2D eigenvalue weighted by Crippen LogP contribution is -2.10. The van der Waals surface area contributed by atoms with Crippen LogP contribution in [0.1, 0.15) is 0 Å². The highest BCUT2D eigenvalue weighted by Crippen LogP contribution is 2.44. The molecule has 0 unspecified atom stereocenters. The molecule has 9 aromatic rings. The van der Waals surface area contributed by atoms with Crippen molar-refractivity contribution < 1.29 is 4.42 Å². The van der Waals surface area contributed by atoms with Crippen molar-refractivity contribution in [2.24, 2.45) is 0 Å². The van der Waals surface area contributed by atoms with Crippen molar-refractivity contribution in [1.29, 1.82) is 0 Å². The summed E-state index contributed by atoms with van der Waals surface area (Å²) in [4.78, 5) is 7.14. The molecule has 0 fully saturated rings. The highest BCUT2D eigenvalue weighted by atomic mass is 16.3. The van der Waals surface area contributed by atoms with Gasteiger partial charge in [0, 0.05) is 28.3 Å². The lowest BCUT2D eigenvalue weighted by atomic mass is 9.99. The van der Waals surface area contributed by atoms with Gasteiger partial charge in [0.25, 0.3) is 0 Å². The van der Waals surface area contributed by atoms with E-state index in [1.54, 1.807) is 0 Å². The fraction of sp³-hybridized carbons (Fsp3) is 0. The maximum atomic E-state index is 6.80. The van der Waals surface area contributed by atoms with E-state index in [-0.39, 0.29) is 0 Å². The first kappa shape index (κ1) is 27.8. The van der Waals surface area contributed by atoms with Gasteiger partial charge in [-0.3, -0.25) is 4.98 Å². The van der Waals surface area contributed by atoms with Gasteiger partial charge in [-0.1, -0.05) is 140 Å². The third-order valence-electron chi connectivity index (χ3n) is 9.10. The minimum absolute atomic E-state index is 0.756. The molecule has 0 radical (unpaired) electrons. The highest BCUT2D eigenvalue weighted by molar-refractivity contribution is 6.16. The minimum atomic E-state index is 0.756. The van der Waals surface area contributed by atoms with Crippen molar-refractivity contribution in [3.8, 4) is 33.4 Å². The number of benzene rings is 7. The molecular weight excluding hydrogens is 585 g/mol. The largest absolute Gasteiger partial charge is 0.451 e. The van der Waals surface area contributed by atoms with E-state index in [1.165, 1.54) is 16.7 Å². The quantitative estimate of drug-likeness (QED) is 0.187. The van der Waals surface area contributed by atoms with Crippen LogP contribution < -0.4 is 4.90 Å². The Morgan fingerprint density at radius 1 is 0.396 bits per heavy atom. The second kappa shape index (κ2) is 11.7. The maximum absolute atomic E-state index is 6.80. The van der Waals surface area contributed by atoms with Crippen LogP contribution in [0.25, 0.3) is 66.2 Å². The summed E-state index contributed by atoms with van der Waals surface area (Å²) in [6.07, 6.45) is 1.89. The standard InChI is InChI=1S/C45H30N2O/c1-3-11-31(12-4-1)33-21-23-34(24-22-33)37-17-10-19-39(30-37)47(38-18-9-16-36(29-38)32-13-5-2-6-14-32)42-27-28-46-43-41-26-25-35-15-7-8-20-40(35)44(41)48-45(42)43/h1-30H. The first-order valence-corrected chi connectivity index (χ1v) is 16.2. The van der Waals surface area contributed by atoms with Gasteiger partial charge < -0.3 is 9.32 Å². The molecule has 48 heavy (non-hydrogen) atoms. The predicted molar refractivity (Wildman–Crippen MR) is 200 cm³/mol. The molecule has 0 aliphatic carbocycles. The first-order chi connectivity index (χ1) is 23.8. The van der Waals surface area contributed by atoms with Crippen molar-refractivity contribution in [1.82, 2.24) is 4.98 Å². The Morgan fingerprint density at radius 2 is 0.938 bits per heavy atom. The molecule has 0 aliphatic heterocycles. The number of aromatic nitrogens is 1. The molecule has 0 saturated carbocycles. The van der Waals surface area contributed by atoms with Gasteiger partial charge in [0.05, 0.1) is 5.69 Å². The number of furan rings is 1. The van der Waals surface area contributed by atoms with Gasteiger partial charge >= 0.3 is 0 Å². The fourth-order valence-corrected chi connectivity index (χ4v) is 6.74. The van der Waals surface area contributed by atoms with Gasteiger partial charge in [0.15, 0.2) is 5.58 Å². The summed E-state index contributed by atoms with van der Waals surface area (Å²) in [7, 11) is 0. The van der Waals surface area contributed by atoms with E-state index in [4.69, 9.17) is 9.40 Å². The molecule has 0 N–H and O–H groups in total. The molecule has 3 heteroatoms.